The highest BCUT2D eigenvalue weighted by Gasteiger charge is 2.05. The first-order chi connectivity index (χ1) is 5.38. The largest absolute Gasteiger partial charge is 0.253 e. The minimum Gasteiger partial charge on any atom is -0.248 e. The summed E-state index contributed by atoms with van der Waals surface area (Å²) in [6.45, 7) is 3.29. The second-order valence-electron chi connectivity index (χ2n) is 2.45. The first-order valence-electron chi connectivity index (χ1n) is 3.93. The third-order valence-electron chi connectivity index (χ3n) is 1.72. The van der Waals surface area contributed by atoms with Crippen LogP contribution in [-0.4, -0.2) is 17.0 Å². The number of aromatic nitrogens is 2. The third-order valence-corrected chi connectivity index (χ3v) is 2.31. The summed E-state index contributed by atoms with van der Waals surface area (Å²) in [7, 11) is 0. The summed E-state index contributed by atoms with van der Waals surface area (Å²) in [5, 5.41) is 0. The molecule has 0 aliphatic carbocycles. The lowest BCUT2D eigenvalue weighted by atomic mass is 10.4. The Bertz CT molecular complexity index is 208. The van der Waals surface area contributed by atoms with Crippen LogP contribution >= 0.6 is 11.8 Å². The van der Waals surface area contributed by atoms with E-state index in [1.54, 1.807) is 0 Å². The predicted molar refractivity (Wildman–Crippen MR) is 48.7 cm³/mol. The molecule has 0 atom stereocenters. The summed E-state index contributed by atoms with van der Waals surface area (Å²) in [5.74, 6) is 2.51. The normalized spacial score (nSPS) is 10.4. The summed E-state index contributed by atoms with van der Waals surface area (Å²) in [6, 6.07) is 0. The number of aromatic amines is 1. The van der Waals surface area contributed by atoms with Gasteiger partial charge in [-0.25, -0.2) is 9.55 Å². The van der Waals surface area contributed by atoms with Crippen molar-refractivity contribution >= 4 is 11.8 Å². The number of nitrogens with one attached hydrogen (secondary N) is 1. The number of hydrogen-bond acceptors (Lipinski definition) is 1. The van der Waals surface area contributed by atoms with Crippen molar-refractivity contribution in [3.8, 4) is 0 Å². The van der Waals surface area contributed by atoms with Gasteiger partial charge in [0.2, 0.25) is 0 Å². The first-order valence-corrected chi connectivity index (χ1v) is 5.32. The smallest absolute Gasteiger partial charge is 0.248 e. The van der Waals surface area contributed by atoms with Gasteiger partial charge in [-0.05, 0) is 6.26 Å². The lowest BCUT2D eigenvalue weighted by molar-refractivity contribution is -0.698. The zero-order chi connectivity index (χ0) is 8.10. The van der Waals surface area contributed by atoms with Crippen LogP contribution in [0.3, 0.4) is 0 Å². The van der Waals surface area contributed by atoms with E-state index in [1.165, 1.54) is 11.6 Å². The molecule has 62 valence electrons. The lowest BCUT2D eigenvalue weighted by Gasteiger charge is -1.95. The second kappa shape index (κ2) is 4.44. The summed E-state index contributed by atoms with van der Waals surface area (Å²) in [6.07, 6.45) is 7.33. The highest BCUT2D eigenvalue weighted by molar-refractivity contribution is 7.98. The topological polar surface area (TPSA) is 19.7 Å². The summed E-state index contributed by atoms with van der Waals surface area (Å²) in [5.41, 5.74) is 0. The van der Waals surface area contributed by atoms with Crippen molar-refractivity contribution in [2.24, 2.45) is 0 Å². The van der Waals surface area contributed by atoms with Gasteiger partial charge in [-0.15, -0.1) is 0 Å². The van der Waals surface area contributed by atoms with Crippen LogP contribution in [0, 0.1) is 0 Å². The summed E-state index contributed by atoms with van der Waals surface area (Å²) >= 11 is 1.88. The van der Waals surface area contributed by atoms with Gasteiger partial charge < -0.3 is 0 Å². The number of nitrogens with zero attached hydrogens (tertiary/aromatic N) is 1. The van der Waals surface area contributed by atoms with Gasteiger partial charge in [-0.1, -0.05) is 6.92 Å². The van der Waals surface area contributed by atoms with Crippen molar-refractivity contribution in [3.63, 3.8) is 0 Å². The van der Waals surface area contributed by atoms with Gasteiger partial charge >= 0.3 is 0 Å². The molecule has 0 radical (unpaired) electrons. The zero-order valence-electron chi connectivity index (χ0n) is 7.13. The molecule has 0 unspecified atom stereocenters. The van der Waals surface area contributed by atoms with Crippen molar-refractivity contribution in [3.05, 3.63) is 18.2 Å². The number of hydrogen-bond donors (Lipinski definition) is 1. The fraction of sp³-hybridized carbons (Fsp3) is 0.625. The third kappa shape index (κ3) is 2.26. The Kier molecular flexibility index (Phi) is 3.49. The molecule has 1 rings (SSSR count). The van der Waals surface area contributed by atoms with Gasteiger partial charge in [-0.2, -0.15) is 11.8 Å². The molecule has 0 bridgehead atoms. The van der Waals surface area contributed by atoms with Crippen LogP contribution in [0.1, 0.15) is 12.7 Å². The molecule has 2 nitrogen and oxygen atoms in total. The summed E-state index contributed by atoms with van der Waals surface area (Å²) < 4.78 is 2.27. The van der Waals surface area contributed by atoms with Crippen LogP contribution in [0.4, 0.5) is 0 Å². The quantitative estimate of drug-likeness (QED) is 0.675. The lowest BCUT2D eigenvalue weighted by Crippen LogP contribution is -2.36. The SMILES string of the molecule is CCc1[nH]cc[n+]1CCSC. The maximum Gasteiger partial charge on any atom is 0.253 e. The standard InChI is InChI=1S/C8H14N2S/c1-3-8-9-4-5-10(8)6-7-11-2/h4-5H,3,6-7H2,1-2H3/p+1. The van der Waals surface area contributed by atoms with Crippen LogP contribution in [0.5, 0.6) is 0 Å². The average molecular weight is 171 g/mol. The molecule has 0 fully saturated rings. The monoisotopic (exact) mass is 171 g/mol. The molecule has 1 N–H and O–H groups in total. The van der Waals surface area contributed by atoms with E-state index < -0.39 is 0 Å². The molecule has 0 aromatic carbocycles. The van der Waals surface area contributed by atoms with Gasteiger partial charge in [0.25, 0.3) is 5.82 Å². The minimum absolute atomic E-state index is 1.08. The van der Waals surface area contributed by atoms with Gasteiger partial charge in [-0.3, -0.25) is 0 Å². The minimum atomic E-state index is 1.08. The predicted octanol–water partition coefficient (Wildman–Crippen LogP) is 1.23. The Hall–Kier alpha value is -0.440. The molecule has 11 heavy (non-hydrogen) atoms. The maximum atomic E-state index is 3.22. The molecule has 3 heteroatoms. The molecule has 1 aromatic rings. The Morgan fingerprint density at radius 2 is 2.45 bits per heavy atom. The Morgan fingerprint density at radius 3 is 3.09 bits per heavy atom. The Morgan fingerprint density at radius 1 is 1.64 bits per heavy atom. The van der Waals surface area contributed by atoms with Crippen molar-refractivity contribution in [1.82, 2.24) is 4.98 Å². The first kappa shape index (κ1) is 8.65. The second-order valence-corrected chi connectivity index (χ2v) is 3.43. The molecule has 0 aliphatic heterocycles. The van der Waals surface area contributed by atoms with E-state index in [-0.39, 0.29) is 0 Å². The fourth-order valence-electron chi connectivity index (χ4n) is 1.10. The number of H-pyrrole nitrogens is 1. The van der Waals surface area contributed by atoms with Crippen molar-refractivity contribution in [2.75, 3.05) is 12.0 Å². The number of aryl methyl sites for hydroxylation is 2. The molecule has 0 aliphatic rings. The molecule has 0 spiro atoms. The molecule has 0 saturated heterocycles. The van der Waals surface area contributed by atoms with Crippen LogP contribution in [0.15, 0.2) is 12.4 Å². The summed E-state index contributed by atoms with van der Waals surface area (Å²) in [4.78, 5) is 3.22. The van der Waals surface area contributed by atoms with Crippen molar-refractivity contribution in [2.45, 2.75) is 19.9 Å². The molecular formula is C8H15N2S+. The van der Waals surface area contributed by atoms with E-state index in [1.807, 2.05) is 18.0 Å². The Labute approximate surface area is 72.0 Å². The fourth-order valence-corrected chi connectivity index (χ4v) is 1.48. The highest BCUT2D eigenvalue weighted by atomic mass is 32.2. The van der Waals surface area contributed by atoms with Crippen molar-refractivity contribution in [1.29, 1.82) is 0 Å². The van der Waals surface area contributed by atoms with E-state index >= 15 is 0 Å². The van der Waals surface area contributed by atoms with Gasteiger partial charge in [0.1, 0.15) is 12.4 Å². The average Bonchev–Trinajstić information content (AvgIpc) is 2.47. The maximum absolute atomic E-state index is 3.22. The van der Waals surface area contributed by atoms with E-state index in [0.717, 1.165) is 13.0 Å². The molecule has 1 aromatic heterocycles. The van der Waals surface area contributed by atoms with Crippen LogP contribution < -0.4 is 4.57 Å². The van der Waals surface area contributed by atoms with Crippen LogP contribution in [0.2, 0.25) is 0 Å². The van der Waals surface area contributed by atoms with Crippen LogP contribution in [-0.2, 0) is 13.0 Å². The molecule has 0 saturated carbocycles. The highest BCUT2D eigenvalue weighted by Crippen LogP contribution is 1.92. The van der Waals surface area contributed by atoms with Gasteiger partial charge in [0.05, 0.1) is 6.54 Å². The van der Waals surface area contributed by atoms with Gasteiger partial charge in [0.15, 0.2) is 0 Å². The van der Waals surface area contributed by atoms with E-state index in [2.05, 4.69) is 28.9 Å². The zero-order valence-corrected chi connectivity index (χ0v) is 7.95. The van der Waals surface area contributed by atoms with Gasteiger partial charge in [0, 0.05) is 12.2 Å². The number of imidazole rings is 1. The number of rotatable bonds is 4. The van der Waals surface area contributed by atoms with Crippen LogP contribution in [0.25, 0.3) is 0 Å². The van der Waals surface area contributed by atoms with E-state index in [0.29, 0.717) is 0 Å². The van der Waals surface area contributed by atoms with E-state index in [9.17, 15) is 0 Å². The molecule has 1 heterocycles. The van der Waals surface area contributed by atoms with E-state index in [4.69, 9.17) is 0 Å². The molecule has 0 amide bonds. The molecular weight excluding hydrogens is 156 g/mol. The van der Waals surface area contributed by atoms with Crippen molar-refractivity contribution < 1.29 is 4.57 Å². The Balaban J connectivity index is 2.54. The number of thioether (sulfide) groups is 1.